The fraction of sp³-hybridized carbons (Fsp3) is 0.0556. The molecule has 0 saturated heterocycles. The molecule has 0 amide bonds. The van der Waals surface area contributed by atoms with Crippen molar-refractivity contribution in [2.75, 3.05) is 7.11 Å². The number of ether oxygens (including phenoxy) is 1. The van der Waals surface area contributed by atoms with E-state index in [1.165, 1.54) is 7.11 Å². The Hall–Kier alpha value is -3.61. The molecule has 4 aromatic rings. The van der Waals surface area contributed by atoms with Crippen LogP contribution >= 0.6 is 0 Å². The van der Waals surface area contributed by atoms with Gasteiger partial charge in [0.05, 0.1) is 18.4 Å². The number of methoxy groups -OCH3 is 1. The number of phenolic OH excluding ortho intramolecular Hbond substituents is 1. The summed E-state index contributed by atoms with van der Waals surface area (Å²) >= 11 is 0. The van der Waals surface area contributed by atoms with Gasteiger partial charge in [0.15, 0.2) is 5.82 Å². The van der Waals surface area contributed by atoms with Crippen LogP contribution in [0.5, 0.6) is 11.8 Å². The van der Waals surface area contributed by atoms with Gasteiger partial charge in [-0.25, -0.2) is 4.68 Å². The molecule has 2 heterocycles. The minimum absolute atomic E-state index is 0.203. The SMILES string of the molecule is COc1n[nH]c(-c2cn(-c3ccccc3)nc2-c2ccc(O)cc2)n1. The fourth-order valence-electron chi connectivity index (χ4n) is 2.55. The highest BCUT2D eigenvalue weighted by atomic mass is 16.5. The highest BCUT2D eigenvalue weighted by Crippen LogP contribution is 2.31. The Morgan fingerprint density at radius 1 is 1.04 bits per heavy atom. The van der Waals surface area contributed by atoms with Gasteiger partial charge in [0.1, 0.15) is 11.4 Å². The van der Waals surface area contributed by atoms with Crippen LogP contribution in [-0.4, -0.2) is 37.2 Å². The van der Waals surface area contributed by atoms with E-state index >= 15 is 0 Å². The maximum Gasteiger partial charge on any atom is 0.335 e. The molecule has 7 nitrogen and oxygen atoms in total. The van der Waals surface area contributed by atoms with Gasteiger partial charge in [0, 0.05) is 11.8 Å². The highest BCUT2D eigenvalue weighted by molar-refractivity contribution is 5.77. The molecular weight excluding hydrogens is 318 g/mol. The summed E-state index contributed by atoms with van der Waals surface area (Å²) in [6.45, 7) is 0. The smallest absolute Gasteiger partial charge is 0.335 e. The van der Waals surface area contributed by atoms with Gasteiger partial charge in [-0.2, -0.15) is 10.1 Å². The Balaban J connectivity index is 1.88. The number of aromatic hydroxyl groups is 1. The third kappa shape index (κ3) is 2.83. The fourth-order valence-corrected chi connectivity index (χ4v) is 2.55. The third-order valence-electron chi connectivity index (χ3n) is 3.78. The van der Waals surface area contributed by atoms with E-state index in [2.05, 4.69) is 15.2 Å². The van der Waals surface area contributed by atoms with E-state index in [4.69, 9.17) is 9.84 Å². The minimum Gasteiger partial charge on any atom is -0.508 e. The zero-order chi connectivity index (χ0) is 17.2. The van der Waals surface area contributed by atoms with E-state index in [-0.39, 0.29) is 11.8 Å². The van der Waals surface area contributed by atoms with Gasteiger partial charge < -0.3 is 9.84 Å². The molecule has 0 saturated carbocycles. The first-order chi connectivity index (χ1) is 12.2. The van der Waals surface area contributed by atoms with Crippen LogP contribution in [-0.2, 0) is 0 Å². The van der Waals surface area contributed by atoms with Crippen molar-refractivity contribution in [3.05, 3.63) is 60.8 Å². The predicted molar refractivity (Wildman–Crippen MR) is 92.6 cm³/mol. The summed E-state index contributed by atoms with van der Waals surface area (Å²) in [5.74, 6) is 0.760. The van der Waals surface area contributed by atoms with Gasteiger partial charge in [-0.15, -0.1) is 5.10 Å². The molecule has 0 bridgehead atoms. The monoisotopic (exact) mass is 333 g/mol. The number of H-pyrrole nitrogens is 1. The number of aromatic amines is 1. The molecular formula is C18H15N5O2. The first-order valence-corrected chi connectivity index (χ1v) is 7.66. The number of hydrogen-bond acceptors (Lipinski definition) is 5. The van der Waals surface area contributed by atoms with E-state index < -0.39 is 0 Å². The second-order valence-electron chi connectivity index (χ2n) is 5.39. The molecule has 0 aliphatic rings. The normalized spacial score (nSPS) is 10.8. The summed E-state index contributed by atoms with van der Waals surface area (Å²) < 4.78 is 6.84. The van der Waals surface area contributed by atoms with Crippen LogP contribution < -0.4 is 4.74 Å². The van der Waals surface area contributed by atoms with Crippen molar-refractivity contribution >= 4 is 0 Å². The Morgan fingerprint density at radius 2 is 1.80 bits per heavy atom. The van der Waals surface area contributed by atoms with E-state index in [1.54, 1.807) is 16.8 Å². The lowest BCUT2D eigenvalue weighted by atomic mass is 10.1. The number of rotatable bonds is 4. The maximum atomic E-state index is 9.54. The lowest BCUT2D eigenvalue weighted by molar-refractivity contribution is 0.382. The number of nitrogens with one attached hydrogen (secondary N) is 1. The molecule has 0 fully saturated rings. The molecule has 0 unspecified atom stereocenters. The molecule has 0 aliphatic heterocycles. The molecule has 4 rings (SSSR count). The zero-order valence-electron chi connectivity index (χ0n) is 13.4. The molecule has 0 spiro atoms. The molecule has 2 N–H and O–H groups in total. The minimum atomic E-state index is 0.203. The number of aromatic nitrogens is 5. The Labute approximate surface area is 143 Å². The predicted octanol–water partition coefficient (Wildman–Crippen LogP) is 3.04. The van der Waals surface area contributed by atoms with Crippen molar-refractivity contribution < 1.29 is 9.84 Å². The number of benzene rings is 2. The van der Waals surface area contributed by atoms with E-state index in [0.29, 0.717) is 5.82 Å². The van der Waals surface area contributed by atoms with Crippen molar-refractivity contribution in [2.24, 2.45) is 0 Å². The molecule has 0 atom stereocenters. The molecule has 124 valence electrons. The van der Waals surface area contributed by atoms with E-state index in [9.17, 15) is 5.11 Å². The molecule has 7 heteroatoms. The first kappa shape index (κ1) is 14.9. The van der Waals surface area contributed by atoms with Crippen molar-refractivity contribution in [3.63, 3.8) is 0 Å². The van der Waals surface area contributed by atoms with E-state index in [0.717, 1.165) is 22.5 Å². The van der Waals surface area contributed by atoms with Crippen molar-refractivity contribution in [2.45, 2.75) is 0 Å². The van der Waals surface area contributed by atoms with Gasteiger partial charge in [-0.3, -0.25) is 5.10 Å². The van der Waals surface area contributed by atoms with Gasteiger partial charge in [0.25, 0.3) is 0 Å². The summed E-state index contributed by atoms with van der Waals surface area (Å²) in [7, 11) is 1.52. The van der Waals surface area contributed by atoms with Gasteiger partial charge in [-0.05, 0) is 36.4 Å². The summed E-state index contributed by atoms with van der Waals surface area (Å²) in [4.78, 5) is 4.32. The number of phenols is 1. The number of hydrogen-bond donors (Lipinski definition) is 2. The molecule has 2 aromatic carbocycles. The summed E-state index contributed by atoms with van der Waals surface area (Å²) in [5.41, 5.74) is 3.30. The average molecular weight is 333 g/mol. The largest absolute Gasteiger partial charge is 0.508 e. The standard InChI is InChI=1S/C18H15N5O2/c1-25-18-19-17(20-21-18)15-11-23(13-5-3-2-4-6-13)22-16(15)12-7-9-14(24)10-8-12/h2-11,24H,1H3,(H,19,20,21). The lowest BCUT2D eigenvalue weighted by Crippen LogP contribution is -1.93. The van der Waals surface area contributed by atoms with Crippen molar-refractivity contribution in [1.82, 2.24) is 25.0 Å². The summed E-state index contributed by atoms with van der Waals surface area (Å²) in [6.07, 6.45) is 1.89. The molecule has 0 radical (unpaired) electrons. The average Bonchev–Trinajstić information content (AvgIpc) is 3.30. The molecule has 2 aromatic heterocycles. The zero-order valence-corrected chi connectivity index (χ0v) is 13.4. The molecule has 0 aliphatic carbocycles. The maximum absolute atomic E-state index is 9.54. The van der Waals surface area contributed by atoms with Crippen LogP contribution in [0.15, 0.2) is 60.8 Å². The Morgan fingerprint density at radius 3 is 2.48 bits per heavy atom. The van der Waals surface area contributed by atoms with Gasteiger partial charge in [0.2, 0.25) is 0 Å². The van der Waals surface area contributed by atoms with E-state index in [1.807, 2.05) is 48.7 Å². The summed E-state index contributed by atoms with van der Waals surface area (Å²) in [5, 5.41) is 21.1. The first-order valence-electron chi connectivity index (χ1n) is 7.66. The van der Waals surface area contributed by atoms with Crippen LogP contribution in [0.4, 0.5) is 0 Å². The van der Waals surface area contributed by atoms with Gasteiger partial charge >= 0.3 is 6.01 Å². The van der Waals surface area contributed by atoms with Crippen LogP contribution in [0.3, 0.4) is 0 Å². The Bertz CT molecular complexity index is 990. The Kier molecular flexibility index (Phi) is 3.66. The van der Waals surface area contributed by atoms with Crippen LogP contribution in [0.1, 0.15) is 0 Å². The third-order valence-corrected chi connectivity index (χ3v) is 3.78. The second kappa shape index (κ2) is 6.12. The topological polar surface area (TPSA) is 88.8 Å². The highest BCUT2D eigenvalue weighted by Gasteiger charge is 2.17. The van der Waals surface area contributed by atoms with Crippen LogP contribution in [0, 0.1) is 0 Å². The second-order valence-corrected chi connectivity index (χ2v) is 5.39. The number of para-hydroxylation sites is 1. The van der Waals surface area contributed by atoms with Crippen LogP contribution in [0.25, 0.3) is 28.3 Å². The molecule has 25 heavy (non-hydrogen) atoms. The van der Waals surface area contributed by atoms with Crippen LogP contribution in [0.2, 0.25) is 0 Å². The number of nitrogens with zero attached hydrogens (tertiary/aromatic N) is 4. The van der Waals surface area contributed by atoms with Gasteiger partial charge in [-0.1, -0.05) is 18.2 Å². The van der Waals surface area contributed by atoms with Crippen molar-refractivity contribution in [1.29, 1.82) is 0 Å². The summed E-state index contributed by atoms with van der Waals surface area (Å²) in [6, 6.07) is 16.9. The quantitative estimate of drug-likeness (QED) is 0.599. The lowest BCUT2D eigenvalue weighted by Gasteiger charge is -2.01. The van der Waals surface area contributed by atoms with Crippen molar-refractivity contribution in [3.8, 4) is 40.1 Å².